The van der Waals surface area contributed by atoms with Gasteiger partial charge in [-0.15, -0.1) is 5.10 Å². The Morgan fingerprint density at radius 2 is 2.08 bits per heavy atom. The van der Waals surface area contributed by atoms with Gasteiger partial charge in [0.05, 0.1) is 30.9 Å². The summed E-state index contributed by atoms with van der Waals surface area (Å²) < 4.78 is 36.1. The number of carbonyl (C=O) groups excluding carboxylic acids is 2. The Bertz CT molecular complexity index is 778. The zero-order valence-electron chi connectivity index (χ0n) is 12.5. The van der Waals surface area contributed by atoms with Gasteiger partial charge in [0.1, 0.15) is 17.4 Å². The van der Waals surface area contributed by atoms with E-state index in [0.29, 0.717) is 6.07 Å². The highest BCUT2D eigenvalue weighted by Crippen LogP contribution is 2.24. The maximum absolute atomic E-state index is 13.7. The first kappa shape index (κ1) is 17.6. The second-order valence-corrected chi connectivity index (χ2v) is 5.27. The van der Waals surface area contributed by atoms with Crippen LogP contribution in [0.4, 0.5) is 8.78 Å². The molecule has 1 N–H and O–H groups in total. The molecule has 7 nitrogen and oxygen atoms in total. The van der Waals surface area contributed by atoms with Crippen molar-refractivity contribution in [1.82, 2.24) is 5.32 Å². The van der Waals surface area contributed by atoms with Gasteiger partial charge in [0.15, 0.2) is 5.17 Å². The molecule has 1 aliphatic heterocycles. The quantitative estimate of drug-likeness (QED) is 0.383. The molecule has 1 heterocycles. The van der Waals surface area contributed by atoms with Gasteiger partial charge >= 0.3 is 5.97 Å². The van der Waals surface area contributed by atoms with Crippen LogP contribution in [0.15, 0.2) is 33.3 Å². The summed E-state index contributed by atoms with van der Waals surface area (Å²) in [4.78, 5) is 22.8. The lowest BCUT2D eigenvalue weighted by Gasteiger charge is -2.04. The molecule has 2 rings (SSSR count). The van der Waals surface area contributed by atoms with Crippen molar-refractivity contribution in [3.05, 3.63) is 40.3 Å². The van der Waals surface area contributed by atoms with Crippen LogP contribution in [0.3, 0.4) is 0 Å². The fraction of sp³-hybridized carbons (Fsp3) is 0.143. The van der Waals surface area contributed by atoms with E-state index in [4.69, 9.17) is 4.74 Å². The van der Waals surface area contributed by atoms with Gasteiger partial charge < -0.3 is 9.47 Å². The van der Waals surface area contributed by atoms with Crippen molar-refractivity contribution in [3.63, 3.8) is 0 Å². The highest BCUT2D eigenvalue weighted by molar-refractivity contribution is 8.18. The first-order valence-corrected chi connectivity index (χ1v) is 7.19. The Labute approximate surface area is 139 Å². The average molecular weight is 355 g/mol. The predicted octanol–water partition coefficient (Wildman–Crippen LogP) is 1.58. The molecule has 1 saturated heterocycles. The number of esters is 1. The number of nitrogens with zero attached hydrogens (tertiary/aromatic N) is 2. The van der Waals surface area contributed by atoms with E-state index in [9.17, 15) is 18.4 Å². The van der Waals surface area contributed by atoms with Crippen molar-refractivity contribution in [2.75, 3.05) is 14.2 Å². The lowest BCUT2D eigenvalue weighted by molar-refractivity contribution is -0.135. The number of thioether (sulfide) groups is 1. The van der Waals surface area contributed by atoms with Gasteiger partial charge in [-0.1, -0.05) is 0 Å². The Kier molecular flexibility index (Phi) is 5.64. The first-order valence-electron chi connectivity index (χ1n) is 6.37. The third kappa shape index (κ3) is 4.16. The molecule has 0 aliphatic carbocycles. The number of ether oxygens (including phenoxy) is 2. The van der Waals surface area contributed by atoms with Gasteiger partial charge in [-0.05, 0) is 11.8 Å². The van der Waals surface area contributed by atoms with Crippen molar-refractivity contribution in [1.29, 1.82) is 0 Å². The van der Waals surface area contributed by atoms with Gasteiger partial charge in [-0.2, -0.15) is 5.10 Å². The molecule has 126 valence electrons. The lowest BCUT2D eigenvalue weighted by Crippen LogP contribution is -2.19. The monoisotopic (exact) mass is 355 g/mol. The minimum absolute atomic E-state index is 0.0502. The molecule has 0 unspecified atom stereocenters. The summed E-state index contributed by atoms with van der Waals surface area (Å²) in [5, 5.41) is 9.79. The van der Waals surface area contributed by atoms with E-state index in [2.05, 4.69) is 20.3 Å². The van der Waals surface area contributed by atoms with Crippen LogP contribution in [0, 0.1) is 11.6 Å². The molecule has 0 spiro atoms. The van der Waals surface area contributed by atoms with Gasteiger partial charge in [-0.25, -0.2) is 13.6 Å². The number of halogens is 2. The van der Waals surface area contributed by atoms with Crippen molar-refractivity contribution in [2.45, 2.75) is 0 Å². The molecular formula is C14H11F2N3O4S. The molecule has 1 amide bonds. The summed E-state index contributed by atoms with van der Waals surface area (Å²) in [6, 6.07) is 1.68. The summed E-state index contributed by atoms with van der Waals surface area (Å²) in [7, 11) is 2.44. The topological polar surface area (TPSA) is 89.3 Å². The SMILES string of the molecule is COC(=O)/C=C1/S/C(=N\N=Cc2c(F)cc(F)cc2OC)NC1=O. The predicted molar refractivity (Wildman–Crippen MR) is 83.8 cm³/mol. The van der Waals surface area contributed by atoms with Crippen molar-refractivity contribution >= 4 is 35.0 Å². The van der Waals surface area contributed by atoms with E-state index in [1.54, 1.807) is 0 Å². The van der Waals surface area contributed by atoms with Crippen LogP contribution in [0.1, 0.15) is 5.56 Å². The number of benzene rings is 1. The highest BCUT2D eigenvalue weighted by Gasteiger charge is 2.25. The van der Waals surface area contributed by atoms with Gasteiger partial charge in [0.25, 0.3) is 5.91 Å². The highest BCUT2D eigenvalue weighted by atomic mass is 32.2. The van der Waals surface area contributed by atoms with E-state index in [-0.39, 0.29) is 21.4 Å². The zero-order valence-corrected chi connectivity index (χ0v) is 13.3. The lowest BCUT2D eigenvalue weighted by atomic mass is 10.2. The number of hydrogen-bond acceptors (Lipinski definition) is 7. The molecule has 1 aromatic rings. The molecule has 1 aromatic carbocycles. The minimum Gasteiger partial charge on any atom is -0.496 e. The van der Waals surface area contributed by atoms with Gasteiger partial charge in [0.2, 0.25) is 0 Å². The zero-order chi connectivity index (χ0) is 17.7. The van der Waals surface area contributed by atoms with Gasteiger partial charge in [-0.3, -0.25) is 10.1 Å². The number of rotatable bonds is 4. The second kappa shape index (κ2) is 7.68. The average Bonchev–Trinajstić information content (AvgIpc) is 2.88. The number of nitrogens with one attached hydrogen (secondary N) is 1. The molecule has 1 aliphatic rings. The standard InChI is InChI=1S/C14H11F2N3O4S/c1-22-10-4-7(15)3-9(16)8(10)6-17-19-14-18-13(21)11(24-14)5-12(20)23-2/h3-6H,1-2H3,(H,18,19,21)/b11-5+,17-6?. The van der Waals surface area contributed by atoms with Crippen LogP contribution in [-0.2, 0) is 14.3 Å². The van der Waals surface area contributed by atoms with Crippen LogP contribution in [-0.4, -0.2) is 37.5 Å². The maximum atomic E-state index is 13.7. The summed E-state index contributed by atoms with van der Waals surface area (Å²) in [5.41, 5.74) is -0.0945. The molecule has 24 heavy (non-hydrogen) atoms. The third-order valence-corrected chi connectivity index (χ3v) is 3.61. The van der Waals surface area contributed by atoms with Crippen molar-refractivity contribution in [2.24, 2.45) is 10.2 Å². The van der Waals surface area contributed by atoms with Crippen molar-refractivity contribution < 1.29 is 27.8 Å². The summed E-state index contributed by atoms with van der Waals surface area (Å²) >= 11 is 0.865. The molecule has 1 fully saturated rings. The molecule has 10 heteroatoms. The minimum atomic E-state index is -0.870. The van der Waals surface area contributed by atoms with E-state index in [1.807, 2.05) is 0 Å². The van der Waals surface area contributed by atoms with E-state index in [0.717, 1.165) is 30.1 Å². The largest absolute Gasteiger partial charge is 0.496 e. The number of methoxy groups -OCH3 is 2. The first-order chi connectivity index (χ1) is 11.4. The third-order valence-electron chi connectivity index (χ3n) is 2.71. The Morgan fingerprint density at radius 1 is 1.33 bits per heavy atom. The number of carbonyl (C=O) groups is 2. The molecule has 0 bridgehead atoms. The van der Waals surface area contributed by atoms with E-state index < -0.39 is 23.5 Å². The summed E-state index contributed by atoms with van der Waals surface area (Å²) in [6.07, 6.45) is 2.03. The molecule has 0 radical (unpaired) electrons. The van der Waals surface area contributed by atoms with Crippen LogP contribution in [0.25, 0.3) is 0 Å². The Morgan fingerprint density at radius 3 is 2.75 bits per heavy atom. The van der Waals surface area contributed by atoms with Gasteiger partial charge in [0, 0.05) is 18.2 Å². The second-order valence-electron chi connectivity index (χ2n) is 4.24. The fourth-order valence-electron chi connectivity index (χ4n) is 1.64. The molecular weight excluding hydrogens is 344 g/mol. The summed E-state index contributed by atoms with van der Waals surface area (Å²) in [5.74, 6) is -2.93. The van der Waals surface area contributed by atoms with E-state index in [1.165, 1.54) is 14.2 Å². The number of amidine groups is 1. The Balaban J connectivity index is 2.18. The Hall–Kier alpha value is -2.75. The van der Waals surface area contributed by atoms with Crippen LogP contribution < -0.4 is 10.1 Å². The van der Waals surface area contributed by atoms with Crippen LogP contribution >= 0.6 is 11.8 Å². The molecule has 0 aromatic heterocycles. The van der Waals surface area contributed by atoms with Crippen LogP contribution in [0.5, 0.6) is 5.75 Å². The fourth-order valence-corrected chi connectivity index (χ4v) is 2.37. The summed E-state index contributed by atoms with van der Waals surface area (Å²) in [6.45, 7) is 0. The normalized spacial score (nSPS) is 17.6. The maximum Gasteiger partial charge on any atom is 0.331 e. The molecule has 0 saturated carbocycles. The smallest absolute Gasteiger partial charge is 0.331 e. The molecule has 0 atom stereocenters. The van der Waals surface area contributed by atoms with Crippen LogP contribution in [0.2, 0.25) is 0 Å². The number of amides is 1. The number of hydrogen-bond donors (Lipinski definition) is 1. The van der Waals surface area contributed by atoms with Crippen molar-refractivity contribution in [3.8, 4) is 5.75 Å². The van der Waals surface area contributed by atoms with E-state index >= 15 is 0 Å².